The fraction of sp³-hybridized carbons (Fsp3) is 0.583. The number of esters is 1. The van der Waals surface area contributed by atoms with Crippen LogP contribution in [-0.2, 0) is 9.53 Å². The summed E-state index contributed by atoms with van der Waals surface area (Å²) in [6.07, 6.45) is 10.9. The Morgan fingerprint density at radius 3 is 3.00 bits per heavy atom. The molecule has 0 saturated carbocycles. The Kier molecular flexibility index (Phi) is 5.05. The van der Waals surface area contributed by atoms with Crippen molar-refractivity contribution in [2.45, 2.75) is 39.0 Å². The number of carbonyl (C=O) groups excluding carboxylic acids is 1. The van der Waals surface area contributed by atoms with E-state index < -0.39 is 0 Å². The molecule has 78 valence electrons. The van der Waals surface area contributed by atoms with Crippen molar-refractivity contribution in [3.05, 3.63) is 23.8 Å². The van der Waals surface area contributed by atoms with Crippen molar-refractivity contribution in [3.8, 4) is 0 Å². The van der Waals surface area contributed by atoms with Gasteiger partial charge in [0, 0.05) is 5.57 Å². The zero-order valence-corrected chi connectivity index (χ0v) is 8.79. The molecule has 0 aromatic carbocycles. The molecule has 2 nitrogen and oxygen atoms in total. The third kappa shape index (κ3) is 3.77. The first-order chi connectivity index (χ1) is 6.84. The van der Waals surface area contributed by atoms with Crippen LogP contribution in [0.1, 0.15) is 39.0 Å². The van der Waals surface area contributed by atoms with E-state index in [0.29, 0.717) is 6.61 Å². The Labute approximate surface area is 85.6 Å². The number of ether oxygens (including phenoxy) is 1. The SMILES string of the molecule is CCCCCOC(=O)C1=CC=CCC1. The second-order valence-corrected chi connectivity index (χ2v) is 3.50. The van der Waals surface area contributed by atoms with E-state index >= 15 is 0 Å². The molecule has 0 spiro atoms. The average molecular weight is 194 g/mol. The smallest absolute Gasteiger partial charge is 0.334 e. The van der Waals surface area contributed by atoms with Gasteiger partial charge in [0.15, 0.2) is 0 Å². The van der Waals surface area contributed by atoms with Crippen LogP contribution in [0.5, 0.6) is 0 Å². The van der Waals surface area contributed by atoms with Crippen LogP contribution < -0.4 is 0 Å². The predicted octanol–water partition coefficient (Wildman–Crippen LogP) is 3.00. The van der Waals surface area contributed by atoms with Gasteiger partial charge in [-0.1, -0.05) is 38.0 Å². The quantitative estimate of drug-likeness (QED) is 0.496. The zero-order valence-electron chi connectivity index (χ0n) is 8.79. The van der Waals surface area contributed by atoms with Gasteiger partial charge in [0.1, 0.15) is 0 Å². The first-order valence-electron chi connectivity index (χ1n) is 5.37. The van der Waals surface area contributed by atoms with Gasteiger partial charge in [0.05, 0.1) is 6.61 Å². The van der Waals surface area contributed by atoms with E-state index in [0.717, 1.165) is 37.7 Å². The molecule has 1 aliphatic rings. The molecule has 0 aromatic heterocycles. The van der Waals surface area contributed by atoms with E-state index in [9.17, 15) is 4.79 Å². The Morgan fingerprint density at radius 2 is 2.36 bits per heavy atom. The van der Waals surface area contributed by atoms with Gasteiger partial charge >= 0.3 is 5.97 Å². The molecule has 0 saturated heterocycles. The van der Waals surface area contributed by atoms with Crippen LogP contribution in [0.15, 0.2) is 23.8 Å². The molecular formula is C12H18O2. The topological polar surface area (TPSA) is 26.3 Å². The van der Waals surface area contributed by atoms with Gasteiger partial charge in [-0.25, -0.2) is 4.79 Å². The number of allylic oxidation sites excluding steroid dienone is 3. The first-order valence-corrected chi connectivity index (χ1v) is 5.37. The number of unbranched alkanes of at least 4 members (excludes halogenated alkanes) is 2. The lowest BCUT2D eigenvalue weighted by Gasteiger charge is -2.08. The maximum Gasteiger partial charge on any atom is 0.334 e. The van der Waals surface area contributed by atoms with Crippen LogP contribution in [0.2, 0.25) is 0 Å². The van der Waals surface area contributed by atoms with Crippen molar-refractivity contribution in [2.75, 3.05) is 6.61 Å². The molecule has 0 N–H and O–H groups in total. The zero-order chi connectivity index (χ0) is 10.2. The van der Waals surface area contributed by atoms with Crippen molar-refractivity contribution < 1.29 is 9.53 Å². The fourth-order valence-corrected chi connectivity index (χ4v) is 1.38. The summed E-state index contributed by atoms with van der Waals surface area (Å²) in [5, 5.41) is 0. The molecule has 0 atom stereocenters. The third-order valence-corrected chi connectivity index (χ3v) is 2.26. The van der Waals surface area contributed by atoms with Gasteiger partial charge in [-0.15, -0.1) is 0 Å². The largest absolute Gasteiger partial charge is 0.462 e. The second-order valence-electron chi connectivity index (χ2n) is 3.50. The standard InChI is InChI=1S/C12H18O2/c1-2-3-7-10-14-12(13)11-8-5-4-6-9-11/h4-5,8H,2-3,6-7,9-10H2,1H3. The molecule has 1 rings (SSSR count). The van der Waals surface area contributed by atoms with Crippen molar-refractivity contribution in [1.82, 2.24) is 0 Å². The maximum absolute atomic E-state index is 11.4. The van der Waals surface area contributed by atoms with Gasteiger partial charge in [0.25, 0.3) is 0 Å². The summed E-state index contributed by atoms with van der Waals surface area (Å²) in [6.45, 7) is 2.70. The highest BCUT2D eigenvalue weighted by Crippen LogP contribution is 2.13. The fourth-order valence-electron chi connectivity index (χ4n) is 1.38. The molecule has 1 aliphatic carbocycles. The van der Waals surface area contributed by atoms with E-state index in [4.69, 9.17) is 4.74 Å². The highest BCUT2D eigenvalue weighted by Gasteiger charge is 2.10. The second kappa shape index (κ2) is 6.41. The molecule has 0 bridgehead atoms. The first kappa shape index (κ1) is 11.0. The highest BCUT2D eigenvalue weighted by molar-refractivity contribution is 5.89. The minimum absolute atomic E-state index is 0.134. The van der Waals surface area contributed by atoms with Gasteiger partial charge in [-0.05, 0) is 19.3 Å². The summed E-state index contributed by atoms with van der Waals surface area (Å²) in [6, 6.07) is 0. The van der Waals surface area contributed by atoms with Crippen LogP contribution in [-0.4, -0.2) is 12.6 Å². The van der Waals surface area contributed by atoms with Gasteiger partial charge in [-0.2, -0.15) is 0 Å². The minimum Gasteiger partial charge on any atom is -0.462 e. The molecule has 0 heterocycles. The summed E-state index contributed by atoms with van der Waals surface area (Å²) in [5.74, 6) is -0.134. The number of rotatable bonds is 5. The minimum atomic E-state index is -0.134. The lowest BCUT2D eigenvalue weighted by atomic mass is 10.1. The van der Waals surface area contributed by atoms with E-state index in [-0.39, 0.29) is 5.97 Å². The molecule has 0 fully saturated rings. The molecule has 0 aromatic rings. The average Bonchev–Trinajstić information content (AvgIpc) is 2.25. The Morgan fingerprint density at radius 1 is 1.50 bits per heavy atom. The summed E-state index contributed by atoms with van der Waals surface area (Å²) in [7, 11) is 0. The van der Waals surface area contributed by atoms with Crippen molar-refractivity contribution in [3.63, 3.8) is 0 Å². The molecule has 0 amide bonds. The summed E-state index contributed by atoms with van der Waals surface area (Å²) < 4.78 is 5.14. The molecule has 2 heteroatoms. The van der Waals surface area contributed by atoms with Crippen LogP contribution in [0.25, 0.3) is 0 Å². The Hall–Kier alpha value is -1.05. The summed E-state index contributed by atoms with van der Waals surface area (Å²) in [4.78, 5) is 11.4. The molecule has 0 unspecified atom stereocenters. The van der Waals surface area contributed by atoms with E-state index in [2.05, 4.69) is 13.0 Å². The number of hydrogen-bond acceptors (Lipinski definition) is 2. The van der Waals surface area contributed by atoms with Gasteiger partial charge < -0.3 is 4.74 Å². The van der Waals surface area contributed by atoms with E-state index in [1.165, 1.54) is 0 Å². The van der Waals surface area contributed by atoms with Crippen LogP contribution in [0.3, 0.4) is 0 Å². The molecule has 0 aliphatic heterocycles. The number of hydrogen-bond donors (Lipinski definition) is 0. The molecule has 14 heavy (non-hydrogen) atoms. The monoisotopic (exact) mass is 194 g/mol. The van der Waals surface area contributed by atoms with Crippen molar-refractivity contribution in [1.29, 1.82) is 0 Å². The summed E-state index contributed by atoms with van der Waals surface area (Å²) in [5.41, 5.74) is 0.809. The predicted molar refractivity (Wildman–Crippen MR) is 56.9 cm³/mol. The lowest BCUT2D eigenvalue weighted by Crippen LogP contribution is -2.09. The summed E-state index contributed by atoms with van der Waals surface area (Å²) >= 11 is 0. The third-order valence-electron chi connectivity index (χ3n) is 2.26. The van der Waals surface area contributed by atoms with Crippen LogP contribution >= 0.6 is 0 Å². The maximum atomic E-state index is 11.4. The van der Waals surface area contributed by atoms with Crippen molar-refractivity contribution >= 4 is 5.97 Å². The number of carbonyl (C=O) groups is 1. The van der Waals surface area contributed by atoms with Crippen molar-refractivity contribution in [2.24, 2.45) is 0 Å². The Balaban J connectivity index is 2.21. The highest BCUT2D eigenvalue weighted by atomic mass is 16.5. The van der Waals surface area contributed by atoms with E-state index in [1.807, 2.05) is 12.2 Å². The van der Waals surface area contributed by atoms with Crippen LogP contribution in [0.4, 0.5) is 0 Å². The molecular weight excluding hydrogens is 176 g/mol. The Bertz CT molecular complexity index is 239. The lowest BCUT2D eigenvalue weighted by molar-refractivity contribution is -0.139. The van der Waals surface area contributed by atoms with E-state index in [1.54, 1.807) is 0 Å². The van der Waals surface area contributed by atoms with Gasteiger partial charge in [0.2, 0.25) is 0 Å². The molecule has 0 radical (unpaired) electrons. The van der Waals surface area contributed by atoms with Gasteiger partial charge in [-0.3, -0.25) is 0 Å². The van der Waals surface area contributed by atoms with Crippen LogP contribution in [0, 0.1) is 0 Å². The normalized spacial score (nSPS) is 15.1.